The Morgan fingerprint density at radius 2 is 1.97 bits per heavy atom. The standard InChI is InChI=1S/C18H28N4O4S2.HI/c1-19-18(21-16-8-11-27(23,24)14-16)20-13-15-6-5-7-17(12-15)28(25,26)22-9-3-2-4-10-22;/h5-7,12,16H,2-4,8-11,13-14H2,1H3,(H2,19,20,21);1H. The minimum absolute atomic E-state index is 0. The molecule has 1 unspecified atom stereocenters. The molecule has 11 heteroatoms. The van der Waals surface area contributed by atoms with Crippen molar-refractivity contribution in [2.24, 2.45) is 4.99 Å². The number of piperidine rings is 1. The lowest BCUT2D eigenvalue weighted by Crippen LogP contribution is -2.43. The number of benzene rings is 1. The molecule has 2 aliphatic heterocycles. The van der Waals surface area contributed by atoms with Crippen molar-refractivity contribution < 1.29 is 16.8 Å². The summed E-state index contributed by atoms with van der Waals surface area (Å²) in [5.41, 5.74) is 0.820. The summed E-state index contributed by atoms with van der Waals surface area (Å²) in [6.07, 6.45) is 3.44. The zero-order valence-corrected chi connectivity index (χ0v) is 20.5. The maximum absolute atomic E-state index is 12.8. The molecule has 2 fully saturated rings. The van der Waals surface area contributed by atoms with Gasteiger partial charge < -0.3 is 10.6 Å². The van der Waals surface area contributed by atoms with Gasteiger partial charge in [-0.3, -0.25) is 4.99 Å². The number of hydrogen-bond donors (Lipinski definition) is 2. The molecule has 0 amide bonds. The number of nitrogens with zero attached hydrogens (tertiary/aromatic N) is 2. The monoisotopic (exact) mass is 556 g/mol. The van der Waals surface area contributed by atoms with E-state index in [4.69, 9.17) is 0 Å². The molecule has 0 saturated carbocycles. The molecule has 0 spiro atoms. The maximum atomic E-state index is 12.8. The Balaban J connectivity index is 0.00000300. The number of hydrogen-bond acceptors (Lipinski definition) is 5. The largest absolute Gasteiger partial charge is 0.353 e. The Hall–Kier alpha value is -0.920. The fourth-order valence-electron chi connectivity index (χ4n) is 3.55. The fourth-order valence-corrected chi connectivity index (χ4v) is 6.81. The van der Waals surface area contributed by atoms with Gasteiger partial charge in [0.25, 0.3) is 0 Å². The molecular formula is C18H29IN4O4S2. The molecule has 0 aliphatic carbocycles. The number of sulfonamides is 1. The van der Waals surface area contributed by atoms with Crippen LogP contribution in [-0.4, -0.2) is 64.8 Å². The minimum Gasteiger partial charge on any atom is -0.353 e. The first kappa shape index (κ1) is 24.4. The summed E-state index contributed by atoms with van der Waals surface area (Å²) in [7, 11) is -4.81. The van der Waals surface area contributed by atoms with Crippen LogP contribution in [0.2, 0.25) is 0 Å². The highest BCUT2D eigenvalue weighted by Crippen LogP contribution is 2.21. The van der Waals surface area contributed by atoms with Crippen molar-refractivity contribution in [3.8, 4) is 0 Å². The highest BCUT2D eigenvalue weighted by atomic mass is 127. The normalized spacial score (nSPS) is 22.7. The van der Waals surface area contributed by atoms with Crippen LogP contribution in [0.5, 0.6) is 0 Å². The van der Waals surface area contributed by atoms with Gasteiger partial charge >= 0.3 is 0 Å². The molecule has 164 valence electrons. The third-order valence-corrected chi connectivity index (χ3v) is 8.77. The van der Waals surface area contributed by atoms with E-state index >= 15 is 0 Å². The molecule has 3 rings (SSSR count). The molecule has 1 aromatic rings. The molecule has 1 aromatic carbocycles. The molecule has 0 aromatic heterocycles. The Bertz CT molecular complexity index is 929. The molecular weight excluding hydrogens is 527 g/mol. The van der Waals surface area contributed by atoms with Gasteiger partial charge in [-0.1, -0.05) is 18.6 Å². The molecule has 2 aliphatic rings. The SMILES string of the molecule is CN=C(NCc1cccc(S(=O)(=O)N2CCCCC2)c1)NC1CCS(=O)(=O)C1.I. The van der Waals surface area contributed by atoms with Crippen LogP contribution in [0, 0.1) is 0 Å². The van der Waals surface area contributed by atoms with E-state index in [9.17, 15) is 16.8 Å². The minimum atomic E-state index is -3.47. The predicted molar refractivity (Wildman–Crippen MR) is 125 cm³/mol. The Morgan fingerprint density at radius 1 is 1.24 bits per heavy atom. The predicted octanol–water partition coefficient (Wildman–Crippen LogP) is 1.33. The summed E-state index contributed by atoms with van der Waals surface area (Å²) >= 11 is 0. The number of nitrogens with one attached hydrogen (secondary N) is 2. The topological polar surface area (TPSA) is 108 Å². The van der Waals surface area contributed by atoms with Crippen LogP contribution >= 0.6 is 24.0 Å². The van der Waals surface area contributed by atoms with Gasteiger partial charge in [0.15, 0.2) is 15.8 Å². The fraction of sp³-hybridized carbons (Fsp3) is 0.611. The van der Waals surface area contributed by atoms with Crippen molar-refractivity contribution in [2.45, 2.75) is 43.2 Å². The van der Waals surface area contributed by atoms with Crippen LogP contribution in [-0.2, 0) is 26.4 Å². The van der Waals surface area contributed by atoms with Crippen molar-refractivity contribution in [3.05, 3.63) is 29.8 Å². The van der Waals surface area contributed by atoms with Crippen LogP contribution in [0.4, 0.5) is 0 Å². The van der Waals surface area contributed by atoms with Crippen LogP contribution in [0.1, 0.15) is 31.2 Å². The summed E-state index contributed by atoms with van der Waals surface area (Å²) < 4.78 is 50.4. The van der Waals surface area contributed by atoms with Crippen molar-refractivity contribution in [3.63, 3.8) is 0 Å². The zero-order valence-electron chi connectivity index (χ0n) is 16.5. The van der Waals surface area contributed by atoms with Gasteiger partial charge in [-0.15, -0.1) is 24.0 Å². The third-order valence-electron chi connectivity index (χ3n) is 5.11. The van der Waals surface area contributed by atoms with Gasteiger partial charge in [-0.2, -0.15) is 4.31 Å². The van der Waals surface area contributed by atoms with E-state index in [1.807, 2.05) is 6.07 Å². The summed E-state index contributed by atoms with van der Waals surface area (Å²) in [5.74, 6) is 0.807. The van der Waals surface area contributed by atoms with Crippen LogP contribution < -0.4 is 10.6 Å². The van der Waals surface area contributed by atoms with Crippen molar-refractivity contribution in [1.29, 1.82) is 0 Å². The summed E-state index contributed by atoms with van der Waals surface area (Å²) in [4.78, 5) is 4.44. The van der Waals surface area contributed by atoms with Crippen LogP contribution in [0.3, 0.4) is 0 Å². The molecule has 0 bridgehead atoms. The first-order valence-corrected chi connectivity index (χ1v) is 12.8. The highest BCUT2D eigenvalue weighted by molar-refractivity contribution is 14.0. The first-order valence-electron chi connectivity index (χ1n) is 9.57. The van der Waals surface area contributed by atoms with Crippen LogP contribution in [0.15, 0.2) is 34.2 Å². The Kier molecular flexibility index (Phi) is 8.73. The second kappa shape index (κ2) is 10.4. The van der Waals surface area contributed by atoms with Crippen LogP contribution in [0.25, 0.3) is 0 Å². The average molecular weight is 556 g/mol. The molecule has 8 nitrogen and oxygen atoms in total. The summed E-state index contributed by atoms with van der Waals surface area (Å²) in [5, 5.41) is 6.26. The molecule has 1 atom stereocenters. The Labute approximate surface area is 190 Å². The average Bonchev–Trinajstić information content (AvgIpc) is 3.04. The molecule has 29 heavy (non-hydrogen) atoms. The van der Waals surface area contributed by atoms with Crippen molar-refractivity contribution in [2.75, 3.05) is 31.6 Å². The van der Waals surface area contributed by atoms with E-state index in [1.54, 1.807) is 29.6 Å². The lowest BCUT2D eigenvalue weighted by molar-refractivity contribution is 0.346. The molecule has 0 radical (unpaired) electrons. The van der Waals surface area contributed by atoms with Crippen molar-refractivity contribution >= 4 is 49.8 Å². The number of rotatable bonds is 5. The van der Waals surface area contributed by atoms with Gasteiger partial charge in [-0.25, -0.2) is 16.8 Å². The van der Waals surface area contributed by atoms with Gasteiger partial charge in [-0.05, 0) is 37.0 Å². The van der Waals surface area contributed by atoms with E-state index in [2.05, 4.69) is 15.6 Å². The summed E-state index contributed by atoms with van der Waals surface area (Å²) in [6.45, 7) is 1.54. The van der Waals surface area contributed by atoms with E-state index in [1.165, 1.54) is 0 Å². The Morgan fingerprint density at radius 3 is 2.59 bits per heavy atom. The third kappa shape index (κ3) is 6.53. The second-order valence-electron chi connectivity index (χ2n) is 7.28. The smallest absolute Gasteiger partial charge is 0.243 e. The first-order chi connectivity index (χ1) is 13.3. The van der Waals surface area contributed by atoms with Gasteiger partial charge in [0.2, 0.25) is 10.0 Å². The zero-order chi connectivity index (χ0) is 20.2. The number of aliphatic imine (C=N–C) groups is 1. The second-order valence-corrected chi connectivity index (χ2v) is 11.4. The molecule has 2 heterocycles. The van der Waals surface area contributed by atoms with Gasteiger partial charge in [0, 0.05) is 32.7 Å². The number of halogens is 1. The summed E-state index contributed by atoms with van der Waals surface area (Å²) in [6, 6.07) is 6.76. The van der Waals surface area contributed by atoms with Gasteiger partial charge in [0.05, 0.1) is 16.4 Å². The maximum Gasteiger partial charge on any atom is 0.243 e. The van der Waals surface area contributed by atoms with E-state index in [-0.39, 0.29) is 41.5 Å². The van der Waals surface area contributed by atoms with Crippen molar-refractivity contribution in [1.82, 2.24) is 14.9 Å². The lowest BCUT2D eigenvalue weighted by atomic mass is 10.2. The quantitative estimate of drug-likeness (QED) is 0.322. The molecule has 2 N–H and O–H groups in total. The van der Waals surface area contributed by atoms with E-state index in [0.29, 0.717) is 36.9 Å². The molecule has 2 saturated heterocycles. The number of sulfone groups is 1. The highest BCUT2D eigenvalue weighted by Gasteiger charge is 2.28. The lowest BCUT2D eigenvalue weighted by Gasteiger charge is -2.26. The van der Waals surface area contributed by atoms with E-state index in [0.717, 1.165) is 24.8 Å². The van der Waals surface area contributed by atoms with E-state index < -0.39 is 19.9 Å². The van der Waals surface area contributed by atoms with Gasteiger partial charge in [0.1, 0.15) is 0 Å². The number of guanidine groups is 1.